The number of hydrogen-bond acceptors (Lipinski definition) is 8. The number of carboxylic acid groups (broad SMARTS) is 1. The maximum Gasteiger partial charge on any atom is 0.408 e. The predicted molar refractivity (Wildman–Crippen MR) is 106 cm³/mol. The summed E-state index contributed by atoms with van der Waals surface area (Å²) in [4.78, 5) is 47.3. The van der Waals surface area contributed by atoms with E-state index in [2.05, 4.69) is 5.32 Å². The molecule has 1 aromatic rings. The number of nitrogens with one attached hydrogen (secondary N) is 1. The molecule has 2 N–H and O–H groups in total. The molecule has 0 aliphatic heterocycles. The van der Waals surface area contributed by atoms with E-state index in [4.69, 9.17) is 14.2 Å². The van der Waals surface area contributed by atoms with Gasteiger partial charge in [-0.2, -0.15) is 0 Å². The molecule has 1 amide bonds. The lowest BCUT2D eigenvalue weighted by atomic mass is 10.0. The summed E-state index contributed by atoms with van der Waals surface area (Å²) in [6, 6.07) is 6.69. The number of thioether (sulfide) groups is 1. The SMILES string of the molecule is CC(C)(C)OC(=O)N[C@@H](C(=O)O)C(C)(C)SC(=O)OCOC(=O)c1ccccc1. The third-order valence-corrected chi connectivity index (χ3v) is 4.37. The Morgan fingerprint density at radius 3 is 2.14 bits per heavy atom. The van der Waals surface area contributed by atoms with Crippen LogP contribution in [0.4, 0.5) is 9.59 Å². The fraction of sp³-hybridized carbons (Fsp3) is 0.474. The van der Waals surface area contributed by atoms with E-state index in [1.165, 1.54) is 13.8 Å². The molecule has 0 bridgehead atoms. The highest BCUT2D eigenvalue weighted by Crippen LogP contribution is 2.30. The van der Waals surface area contributed by atoms with Crippen LogP contribution in [-0.4, -0.2) is 51.6 Å². The van der Waals surface area contributed by atoms with Gasteiger partial charge in [-0.25, -0.2) is 19.2 Å². The van der Waals surface area contributed by atoms with Crippen molar-refractivity contribution < 1.29 is 38.5 Å². The Morgan fingerprint density at radius 2 is 1.62 bits per heavy atom. The molecule has 0 aliphatic carbocycles. The van der Waals surface area contributed by atoms with Crippen molar-refractivity contribution in [2.24, 2.45) is 0 Å². The number of esters is 1. The third-order valence-electron chi connectivity index (χ3n) is 3.33. The number of ether oxygens (including phenoxy) is 3. The van der Waals surface area contributed by atoms with Gasteiger partial charge in [0, 0.05) is 0 Å². The first-order chi connectivity index (χ1) is 13.3. The number of alkyl carbamates (subject to hydrolysis) is 1. The number of carbonyl (C=O) groups excluding carboxylic acids is 3. The second-order valence-corrected chi connectivity index (χ2v) is 9.02. The van der Waals surface area contributed by atoms with Crippen molar-refractivity contribution in [1.82, 2.24) is 5.32 Å². The molecule has 29 heavy (non-hydrogen) atoms. The Kier molecular flexibility index (Phi) is 8.50. The van der Waals surface area contributed by atoms with Crippen LogP contribution in [0.5, 0.6) is 0 Å². The second-order valence-electron chi connectivity index (χ2n) is 7.43. The van der Waals surface area contributed by atoms with Crippen molar-refractivity contribution in [3.63, 3.8) is 0 Å². The van der Waals surface area contributed by atoms with Gasteiger partial charge in [0.15, 0.2) is 0 Å². The summed E-state index contributed by atoms with van der Waals surface area (Å²) in [5.41, 5.74) is -0.518. The Morgan fingerprint density at radius 1 is 1.03 bits per heavy atom. The first kappa shape index (κ1) is 24.3. The van der Waals surface area contributed by atoms with E-state index in [9.17, 15) is 24.3 Å². The van der Waals surface area contributed by atoms with E-state index in [1.807, 2.05) is 0 Å². The van der Waals surface area contributed by atoms with E-state index >= 15 is 0 Å². The van der Waals surface area contributed by atoms with Crippen LogP contribution in [0.25, 0.3) is 0 Å². The van der Waals surface area contributed by atoms with Crippen LogP contribution >= 0.6 is 11.8 Å². The van der Waals surface area contributed by atoms with E-state index in [-0.39, 0.29) is 0 Å². The molecule has 1 atom stereocenters. The molecule has 0 unspecified atom stereocenters. The lowest BCUT2D eigenvalue weighted by Gasteiger charge is -2.31. The average molecular weight is 427 g/mol. The quantitative estimate of drug-likeness (QED) is 0.497. The molecule has 0 fully saturated rings. The van der Waals surface area contributed by atoms with Gasteiger partial charge in [0.25, 0.3) is 0 Å². The number of carbonyl (C=O) groups is 4. The molecular weight excluding hydrogens is 402 g/mol. The molecule has 0 radical (unpaired) electrons. The van der Waals surface area contributed by atoms with Gasteiger partial charge in [0.1, 0.15) is 11.6 Å². The van der Waals surface area contributed by atoms with Gasteiger partial charge in [-0.3, -0.25) is 0 Å². The third kappa shape index (κ3) is 8.86. The van der Waals surface area contributed by atoms with Crippen molar-refractivity contribution >= 4 is 35.1 Å². The molecule has 160 valence electrons. The van der Waals surface area contributed by atoms with Gasteiger partial charge in [0.2, 0.25) is 6.79 Å². The molecule has 0 aromatic heterocycles. The summed E-state index contributed by atoms with van der Waals surface area (Å²) < 4.78 is 13.4. The number of rotatable bonds is 7. The molecule has 0 spiro atoms. The van der Waals surface area contributed by atoms with Gasteiger partial charge in [-0.05, 0) is 58.5 Å². The molecule has 1 aromatic carbocycles. The molecule has 1 rings (SSSR count). The zero-order valence-electron chi connectivity index (χ0n) is 16.9. The Balaban J connectivity index is 2.60. The zero-order chi connectivity index (χ0) is 22.2. The van der Waals surface area contributed by atoms with Crippen molar-refractivity contribution in [3.05, 3.63) is 35.9 Å². The van der Waals surface area contributed by atoms with Crippen molar-refractivity contribution in [1.29, 1.82) is 0 Å². The maximum absolute atomic E-state index is 12.0. The Bertz CT molecular complexity index is 742. The minimum absolute atomic E-state index is 0.295. The minimum atomic E-state index is -1.44. The topological polar surface area (TPSA) is 128 Å². The van der Waals surface area contributed by atoms with Crippen LogP contribution in [0, 0.1) is 0 Å². The van der Waals surface area contributed by atoms with E-state index in [0.717, 1.165) is 0 Å². The summed E-state index contributed by atoms with van der Waals surface area (Å²) >= 11 is 0.542. The molecular formula is C19H25NO8S. The lowest BCUT2D eigenvalue weighted by Crippen LogP contribution is -2.53. The summed E-state index contributed by atoms with van der Waals surface area (Å²) in [6.45, 7) is 7.17. The van der Waals surface area contributed by atoms with Crippen LogP contribution in [0.3, 0.4) is 0 Å². The minimum Gasteiger partial charge on any atom is -0.480 e. The van der Waals surface area contributed by atoms with Crippen LogP contribution < -0.4 is 5.32 Å². The van der Waals surface area contributed by atoms with E-state index < -0.39 is 46.5 Å². The largest absolute Gasteiger partial charge is 0.480 e. The summed E-state index contributed by atoms with van der Waals surface area (Å²) in [7, 11) is 0. The fourth-order valence-corrected chi connectivity index (χ4v) is 2.86. The van der Waals surface area contributed by atoms with Crippen LogP contribution in [0.15, 0.2) is 30.3 Å². The fourth-order valence-electron chi connectivity index (χ4n) is 2.05. The second kappa shape index (κ2) is 10.1. The highest BCUT2D eigenvalue weighted by Gasteiger charge is 2.40. The van der Waals surface area contributed by atoms with Crippen LogP contribution in [-0.2, 0) is 19.0 Å². The first-order valence-electron chi connectivity index (χ1n) is 8.62. The summed E-state index contributed by atoms with van der Waals surface area (Å²) in [5.74, 6) is -2.02. The molecule has 0 saturated carbocycles. The number of carboxylic acids is 1. The molecule has 0 aliphatic rings. The van der Waals surface area contributed by atoms with Gasteiger partial charge < -0.3 is 24.6 Å². The lowest BCUT2D eigenvalue weighted by molar-refractivity contribution is -0.140. The van der Waals surface area contributed by atoms with Crippen LogP contribution in [0.2, 0.25) is 0 Å². The number of hydrogen-bond donors (Lipinski definition) is 2. The van der Waals surface area contributed by atoms with Gasteiger partial charge in [-0.1, -0.05) is 18.2 Å². The van der Waals surface area contributed by atoms with Gasteiger partial charge in [0.05, 0.1) is 10.3 Å². The molecule has 9 nitrogen and oxygen atoms in total. The number of aliphatic carboxylic acids is 1. The Labute approximate surface area is 173 Å². The molecule has 10 heteroatoms. The number of amides is 1. The Hall–Kier alpha value is -2.75. The smallest absolute Gasteiger partial charge is 0.408 e. The maximum atomic E-state index is 12.0. The summed E-state index contributed by atoms with van der Waals surface area (Å²) in [5, 5.41) is 10.8. The standard InChI is InChI=1S/C19H25NO8S/c1-18(2,3)28-16(24)20-13(14(21)22)19(4,5)29-17(25)27-11-26-15(23)12-9-7-6-8-10-12/h6-10,13H,11H2,1-5H3,(H,20,24)(H,21,22)/t13-/m0/s1. The summed E-state index contributed by atoms with van der Waals surface area (Å²) in [6.07, 6.45) is -0.927. The average Bonchev–Trinajstić information content (AvgIpc) is 2.58. The first-order valence-corrected chi connectivity index (χ1v) is 9.44. The molecule has 0 saturated heterocycles. The van der Waals surface area contributed by atoms with Gasteiger partial charge in [-0.15, -0.1) is 0 Å². The van der Waals surface area contributed by atoms with E-state index in [1.54, 1.807) is 51.1 Å². The van der Waals surface area contributed by atoms with Crippen molar-refractivity contribution in [3.8, 4) is 0 Å². The number of benzene rings is 1. The van der Waals surface area contributed by atoms with Crippen molar-refractivity contribution in [2.75, 3.05) is 6.79 Å². The molecule has 0 heterocycles. The highest BCUT2D eigenvalue weighted by atomic mass is 32.2. The predicted octanol–water partition coefficient (Wildman–Crippen LogP) is 3.43. The highest BCUT2D eigenvalue weighted by molar-refractivity contribution is 8.14. The normalized spacial score (nSPS) is 12.4. The van der Waals surface area contributed by atoms with E-state index in [0.29, 0.717) is 17.3 Å². The van der Waals surface area contributed by atoms with Crippen molar-refractivity contribution in [2.45, 2.75) is 51.0 Å². The van der Waals surface area contributed by atoms with Crippen LogP contribution in [0.1, 0.15) is 45.0 Å². The monoisotopic (exact) mass is 427 g/mol. The van der Waals surface area contributed by atoms with Gasteiger partial charge >= 0.3 is 23.3 Å². The zero-order valence-corrected chi connectivity index (χ0v) is 17.7.